The summed E-state index contributed by atoms with van der Waals surface area (Å²) in [6, 6.07) is 10.0. The molecule has 1 fully saturated rings. The summed E-state index contributed by atoms with van der Waals surface area (Å²) in [5.74, 6) is -0.297. The van der Waals surface area contributed by atoms with E-state index in [2.05, 4.69) is 15.5 Å². The zero-order valence-electron chi connectivity index (χ0n) is 17.6. The maximum atomic E-state index is 12.5. The average Bonchev–Trinajstić information content (AvgIpc) is 2.75. The van der Waals surface area contributed by atoms with Crippen molar-refractivity contribution in [2.24, 2.45) is 5.92 Å². The van der Waals surface area contributed by atoms with Crippen molar-refractivity contribution in [1.82, 2.24) is 10.2 Å². The molecule has 2 aromatic carbocycles. The van der Waals surface area contributed by atoms with Gasteiger partial charge in [-0.05, 0) is 42.5 Å². The molecular weight excluding hydrogens is 491 g/mol. The van der Waals surface area contributed by atoms with E-state index in [1.165, 1.54) is 6.07 Å². The quantitative estimate of drug-likeness (QED) is 0.558. The van der Waals surface area contributed by atoms with Gasteiger partial charge in [-0.2, -0.15) is 0 Å². The Kier molecular flexibility index (Phi) is 8.22. The zero-order valence-corrected chi connectivity index (χ0v) is 20.7. The number of amides is 2. The lowest BCUT2D eigenvalue weighted by Crippen LogP contribution is -2.50. The topological polar surface area (TPSA) is 64.7 Å². The van der Waals surface area contributed by atoms with Crippen LogP contribution in [0.3, 0.4) is 0 Å². The second-order valence-corrected chi connectivity index (χ2v) is 9.27. The molecule has 1 saturated heterocycles. The number of piperazine rings is 1. The number of carbonyl (C=O) groups excluding carboxylic acids is 2. The molecule has 0 unspecified atom stereocenters. The number of rotatable bonds is 4. The van der Waals surface area contributed by atoms with Crippen molar-refractivity contribution in [2.45, 2.75) is 13.8 Å². The monoisotopic (exact) mass is 512 g/mol. The van der Waals surface area contributed by atoms with Crippen LogP contribution in [-0.4, -0.2) is 48.0 Å². The first-order chi connectivity index (χ1) is 15.2. The van der Waals surface area contributed by atoms with E-state index in [9.17, 15) is 9.59 Å². The molecule has 0 atom stereocenters. The summed E-state index contributed by atoms with van der Waals surface area (Å²) in [6.45, 7) is 6.30. The summed E-state index contributed by atoms with van der Waals surface area (Å²) in [5.41, 5.74) is 1.78. The first kappa shape index (κ1) is 24.6. The van der Waals surface area contributed by atoms with Crippen LogP contribution in [0.4, 0.5) is 11.4 Å². The van der Waals surface area contributed by atoms with Crippen molar-refractivity contribution >= 4 is 75.3 Å². The first-order valence-corrected chi connectivity index (χ1v) is 11.6. The summed E-state index contributed by atoms with van der Waals surface area (Å²) >= 11 is 23.7. The van der Waals surface area contributed by atoms with E-state index in [0.717, 1.165) is 5.69 Å². The standard InChI is InChI=1S/C22H23Cl3N4O2S/c1-13(2)21(31)29-10-8-28(9-11-29)19-16(24)4-3-5-18(19)26-22(32)27-20(30)14-6-7-15(23)17(25)12-14/h3-7,12-13H,8-11H2,1-2H3,(H2,26,27,30,32). The molecule has 3 rings (SSSR count). The number of halogens is 3. The predicted octanol–water partition coefficient (Wildman–Crippen LogP) is 5.08. The van der Waals surface area contributed by atoms with Gasteiger partial charge in [-0.15, -0.1) is 0 Å². The molecular formula is C22H23Cl3N4O2S. The van der Waals surface area contributed by atoms with E-state index in [4.69, 9.17) is 47.0 Å². The molecule has 2 N–H and O–H groups in total. The third-order valence-corrected chi connectivity index (χ3v) is 6.29. The Labute approximate surface area is 207 Å². The second-order valence-electron chi connectivity index (χ2n) is 7.64. The van der Waals surface area contributed by atoms with Crippen LogP contribution in [0.5, 0.6) is 0 Å². The molecule has 32 heavy (non-hydrogen) atoms. The fourth-order valence-corrected chi connectivity index (χ4v) is 4.21. The molecule has 0 radical (unpaired) electrons. The van der Waals surface area contributed by atoms with Crippen molar-refractivity contribution < 1.29 is 9.59 Å². The van der Waals surface area contributed by atoms with E-state index in [-0.39, 0.29) is 22.0 Å². The van der Waals surface area contributed by atoms with Gasteiger partial charge >= 0.3 is 0 Å². The lowest BCUT2D eigenvalue weighted by molar-refractivity contribution is -0.134. The minimum absolute atomic E-state index is 0.0319. The van der Waals surface area contributed by atoms with Crippen LogP contribution < -0.4 is 15.5 Å². The van der Waals surface area contributed by atoms with Crippen molar-refractivity contribution in [3.8, 4) is 0 Å². The number of anilines is 2. The summed E-state index contributed by atoms with van der Waals surface area (Å²) in [6.07, 6.45) is 0. The molecule has 170 valence electrons. The predicted molar refractivity (Wildman–Crippen MR) is 135 cm³/mol. The molecule has 1 aliphatic heterocycles. The molecule has 2 aromatic rings. The molecule has 0 saturated carbocycles. The van der Waals surface area contributed by atoms with Crippen LogP contribution >= 0.6 is 47.0 Å². The Hall–Kier alpha value is -2.06. The van der Waals surface area contributed by atoms with Crippen LogP contribution in [0.1, 0.15) is 24.2 Å². The zero-order chi connectivity index (χ0) is 23.4. The fraction of sp³-hybridized carbons (Fsp3) is 0.318. The number of nitrogens with one attached hydrogen (secondary N) is 2. The Balaban J connectivity index is 1.69. The van der Waals surface area contributed by atoms with Gasteiger partial charge in [-0.25, -0.2) is 0 Å². The Morgan fingerprint density at radius 2 is 1.66 bits per heavy atom. The number of para-hydroxylation sites is 1. The molecule has 6 nitrogen and oxygen atoms in total. The van der Waals surface area contributed by atoms with E-state index in [1.807, 2.05) is 24.8 Å². The van der Waals surface area contributed by atoms with Crippen LogP contribution in [0.2, 0.25) is 15.1 Å². The van der Waals surface area contributed by atoms with Crippen LogP contribution in [0, 0.1) is 5.92 Å². The highest BCUT2D eigenvalue weighted by molar-refractivity contribution is 7.80. The summed E-state index contributed by atoms with van der Waals surface area (Å²) in [4.78, 5) is 28.8. The Bertz CT molecular complexity index is 1040. The molecule has 0 bridgehead atoms. The van der Waals surface area contributed by atoms with Crippen molar-refractivity contribution in [3.05, 3.63) is 57.0 Å². The minimum Gasteiger partial charge on any atom is -0.365 e. The van der Waals surface area contributed by atoms with Gasteiger partial charge in [-0.1, -0.05) is 54.7 Å². The summed E-state index contributed by atoms with van der Waals surface area (Å²) in [5, 5.41) is 7.02. The smallest absolute Gasteiger partial charge is 0.257 e. The number of hydrogen-bond donors (Lipinski definition) is 2. The number of thiocarbonyl (C=S) groups is 1. The second kappa shape index (κ2) is 10.7. The molecule has 1 aliphatic rings. The van der Waals surface area contributed by atoms with Crippen LogP contribution in [0.25, 0.3) is 0 Å². The maximum Gasteiger partial charge on any atom is 0.257 e. The van der Waals surface area contributed by atoms with Gasteiger partial charge in [0.2, 0.25) is 5.91 Å². The minimum atomic E-state index is -0.412. The van der Waals surface area contributed by atoms with Gasteiger partial charge < -0.3 is 15.1 Å². The van der Waals surface area contributed by atoms with Crippen LogP contribution in [0.15, 0.2) is 36.4 Å². The molecule has 0 spiro atoms. The SMILES string of the molecule is CC(C)C(=O)N1CCN(c2c(Cl)cccc2NC(=S)NC(=O)c2ccc(Cl)c(Cl)c2)CC1. The maximum absolute atomic E-state index is 12.5. The normalized spacial score (nSPS) is 13.8. The van der Waals surface area contributed by atoms with E-state index in [0.29, 0.717) is 47.5 Å². The molecule has 1 heterocycles. The Morgan fingerprint density at radius 3 is 2.28 bits per heavy atom. The van der Waals surface area contributed by atoms with Gasteiger partial charge in [0.15, 0.2) is 5.11 Å². The third kappa shape index (κ3) is 5.84. The summed E-state index contributed by atoms with van der Waals surface area (Å²) < 4.78 is 0. The van der Waals surface area contributed by atoms with Gasteiger partial charge in [-0.3, -0.25) is 14.9 Å². The van der Waals surface area contributed by atoms with Gasteiger partial charge in [0.05, 0.1) is 26.4 Å². The van der Waals surface area contributed by atoms with E-state index in [1.54, 1.807) is 24.3 Å². The van der Waals surface area contributed by atoms with E-state index < -0.39 is 5.91 Å². The lowest BCUT2D eigenvalue weighted by Gasteiger charge is -2.38. The lowest BCUT2D eigenvalue weighted by atomic mass is 10.1. The van der Waals surface area contributed by atoms with Gasteiger partial charge in [0.25, 0.3) is 5.91 Å². The first-order valence-electron chi connectivity index (χ1n) is 10.1. The molecule has 0 aromatic heterocycles. The number of carbonyl (C=O) groups is 2. The van der Waals surface area contributed by atoms with Crippen LogP contribution in [-0.2, 0) is 4.79 Å². The third-order valence-electron chi connectivity index (χ3n) is 5.05. The van der Waals surface area contributed by atoms with E-state index >= 15 is 0 Å². The van der Waals surface area contributed by atoms with Crippen molar-refractivity contribution in [1.29, 1.82) is 0 Å². The largest absolute Gasteiger partial charge is 0.365 e. The summed E-state index contributed by atoms with van der Waals surface area (Å²) in [7, 11) is 0. The fourth-order valence-electron chi connectivity index (χ4n) is 3.42. The highest BCUT2D eigenvalue weighted by atomic mass is 35.5. The van der Waals surface area contributed by atoms with Gasteiger partial charge in [0, 0.05) is 37.7 Å². The molecule has 10 heteroatoms. The highest BCUT2D eigenvalue weighted by Crippen LogP contribution is 2.34. The number of benzene rings is 2. The average molecular weight is 514 g/mol. The molecule has 0 aliphatic carbocycles. The number of nitrogens with zero attached hydrogens (tertiary/aromatic N) is 2. The highest BCUT2D eigenvalue weighted by Gasteiger charge is 2.25. The molecule has 2 amide bonds. The van der Waals surface area contributed by atoms with Crippen molar-refractivity contribution in [2.75, 3.05) is 36.4 Å². The van der Waals surface area contributed by atoms with Crippen molar-refractivity contribution in [3.63, 3.8) is 0 Å². The van der Waals surface area contributed by atoms with Gasteiger partial charge in [0.1, 0.15) is 0 Å². The Morgan fingerprint density at radius 1 is 0.969 bits per heavy atom. The number of hydrogen-bond acceptors (Lipinski definition) is 4.